The number of ether oxygens (including phenoxy) is 1. The molecule has 0 bridgehead atoms. The largest absolute Gasteiger partial charge is 0.444 e. The van der Waals surface area contributed by atoms with Crippen molar-refractivity contribution in [2.75, 3.05) is 6.54 Å². The predicted molar refractivity (Wildman–Crippen MR) is 103 cm³/mol. The lowest BCUT2D eigenvalue weighted by atomic mass is 9.79. The third kappa shape index (κ3) is 3.99. The quantitative estimate of drug-likeness (QED) is 0.871. The van der Waals surface area contributed by atoms with Gasteiger partial charge in [-0.3, -0.25) is 4.90 Å². The van der Waals surface area contributed by atoms with E-state index in [0.717, 1.165) is 0 Å². The summed E-state index contributed by atoms with van der Waals surface area (Å²) >= 11 is 0. The SMILES string of the molecule is CC(C)(C)OC(=O)N1C[C@H](O)C[C@H]1C(O)(c1ccccc1)c1ccccc1. The Morgan fingerprint density at radius 1 is 1.00 bits per heavy atom. The molecule has 144 valence electrons. The lowest BCUT2D eigenvalue weighted by Crippen LogP contribution is -2.51. The van der Waals surface area contributed by atoms with Crippen LogP contribution < -0.4 is 0 Å². The van der Waals surface area contributed by atoms with Crippen LogP contribution in [0.3, 0.4) is 0 Å². The molecule has 2 aromatic carbocycles. The first-order chi connectivity index (χ1) is 12.7. The average Bonchev–Trinajstić information content (AvgIpc) is 3.04. The van der Waals surface area contributed by atoms with E-state index in [9.17, 15) is 15.0 Å². The van der Waals surface area contributed by atoms with Gasteiger partial charge in [0.15, 0.2) is 0 Å². The van der Waals surface area contributed by atoms with Crippen molar-refractivity contribution in [3.63, 3.8) is 0 Å². The second-order valence-electron chi connectivity index (χ2n) is 8.04. The summed E-state index contributed by atoms with van der Waals surface area (Å²) in [6.07, 6.45) is -0.990. The molecule has 1 amide bonds. The molecule has 1 fully saturated rings. The van der Waals surface area contributed by atoms with E-state index in [1.807, 2.05) is 60.7 Å². The maximum atomic E-state index is 12.8. The Balaban J connectivity index is 2.07. The molecule has 1 heterocycles. The zero-order chi connectivity index (χ0) is 19.7. The molecule has 1 aliphatic rings. The molecule has 2 atom stereocenters. The van der Waals surface area contributed by atoms with Crippen molar-refractivity contribution in [1.82, 2.24) is 4.90 Å². The molecule has 5 heteroatoms. The zero-order valence-corrected chi connectivity index (χ0v) is 16.0. The predicted octanol–water partition coefficient (Wildman–Crippen LogP) is 3.29. The second-order valence-corrected chi connectivity index (χ2v) is 8.04. The van der Waals surface area contributed by atoms with E-state index in [1.54, 1.807) is 20.8 Å². The van der Waals surface area contributed by atoms with E-state index in [1.165, 1.54) is 4.90 Å². The Morgan fingerprint density at radius 3 is 1.93 bits per heavy atom. The molecule has 2 N–H and O–H groups in total. The van der Waals surface area contributed by atoms with Gasteiger partial charge in [0, 0.05) is 0 Å². The van der Waals surface area contributed by atoms with Gasteiger partial charge >= 0.3 is 6.09 Å². The number of β-amino-alcohol motifs (C(OH)–C–C–N with tert-alkyl or cyclic N) is 1. The maximum Gasteiger partial charge on any atom is 0.410 e. The highest BCUT2D eigenvalue weighted by atomic mass is 16.6. The fourth-order valence-corrected chi connectivity index (χ4v) is 3.67. The number of hydrogen-bond donors (Lipinski definition) is 2. The lowest BCUT2D eigenvalue weighted by molar-refractivity contribution is -0.0248. The molecular formula is C22H27NO4. The summed E-state index contributed by atoms with van der Waals surface area (Å²) < 4.78 is 5.53. The monoisotopic (exact) mass is 369 g/mol. The summed E-state index contributed by atoms with van der Waals surface area (Å²) in [5, 5.41) is 22.2. The Labute approximate surface area is 160 Å². The number of benzene rings is 2. The number of amides is 1. The number of rotatable bonds is 3. The summed E-state index contributed by atoms with van der Waals surface area (Å²) in [5.41, 5.74) is -0.781. The van der Waals surface area contributed by atoms with E-state index in [2.05, 4.69) is 0 Å². The summed E-state index contributed by atoms with van der Waals surface area (Å²) in [4.78, 5) is 14.3. The van der Waals surface area contributed by atoms with Crippen LogP contribution in [0.5, 0.6) is 0 Å². The minimum atomic E-state index is -1.46. The van der Waals surface area contributed by atoms with Gasteiger partial charge in [-0.25, -0.2) is 4.79 Å². The van der Waals surface area contributed by atoms with Crippen LogP contribution in [-0.2, 0) is 10.3 Å². The molecule has 5 nitrogen and oxygen atoms in total. The second kappa shape index (κ2) is 7.33. The molecule has 0 spiro atoms. The third-order valence-corrected chi connectivity index (χ3v) is 4.82. The van der Waals surface area contributed by atoms with Crippen LogP contribution in [0.4, 0.5) is 4.79 Å². The highest BCUT2D eigenvalue weighted by Gasteiger charge is 2.50. The van der Waals surface area contributed by atoms with Gasteiger partial charge in [0.1, 0.15) is 11.2 Å². The number of aliphatic hydroxyl groups is 2. The molecule has 1 aliphatic heterocycles. The first kappa shape index (κ1) is 19.4. The van der Waals surface area contributed by atoms with Crippen LogP contribution in [-0.4, -0.2) is 45.5 Å². The van der Waals surface area contributed by atoms with Gasteiger partial charge in [-0.1, -0.05) is 60.7 Å². The molecule has 2 aromatic rings. The van der Waals surface area contributed by atoms with Crippen molar-refractivity contribution in [2.45, 2.75) is 50.5 Å². The number of hydrogen-bond acceptors (Lipinski definition) is 4. The van der Waals surface area contributed by atoms with Crippen molar-refractivity contribution >= 4 is 6.09 Å². The van der Waals surface area contributed by atoms with E-state index >= 15 is 0 Å². The van der Waals surface area contributed by atoms with Crippen molar-refractivity contribution in [3.05, 3.63) is 71.8 Å². The molecule has 1 saturated heterocycles. The lowest BCUT2D eigenvalue weighted by Gasteiger charge is -2.40. The third-order valence-electron chi connectivity index (χ3n) is 4.82. The standard InChI is InChI=1S/C22H27NO4/c1-21(2,3)27-20(25)23-15-18(24)14-19(23)22(26,16-10-6-4-7-11-16)17-12-8-5-9-13-17/h4-13,18-19,24,26H,14-15H2,1-3H3/t18-,19+/m1/s1. The molecule has 0 aromatic heterocycles. The fourth-order valence-electron chi connectivity index (χ4n) is 3.67. The first-order valence-corrected chi connectivity index (χ1v) is 9.23. The Hall–Kier alpha value is -2.37. The molecule has 0 saturated carbocycles. The minimum Gasteiger partial charge on any atom is -0.444 e. The number of nitrogens with zero attached hydrogens (tertiary/aromatic N) is 1. The van der Waals surface area contributed by atoms with E-state index in [-0.39, 0.29) is 13.0 Å². The van der Waals surface area contributed by atoms with E-state index < -0.39 is 29.4 Å². The average molecular weight is 369 g/mol. The molecule has 27 heavy (non-hydrogen) atoms. The van der Waals surface area contributed by atoms with Crippen LogP contribution in [0, 0.1) is 0 Å². The number of carbonyl (C=O) groups is 1. The molecule has 0 aliphatic carbocycles. The highest BCUT2D eigenvalue weighted by molar-refractivity contribution is 5.69. The normalized spacial score (nSPS) is 20.6. The van der Waals surface area contributed by atoms with Gasteiger partial charge in [0.05, 0.1) is 18.7 Å². The summed E-state index contributed by atoms with van der Waals surface area (Å²) in [6, 6.07) is 17.9. The number of carbonyl (C=O) groups excluding carboxylic acids is 1. The topological polar surface area (TPSA) is 70.0 Å². The molecule has 0 radical (unpaired) electrons. The van der Waals surface area contributed by atoms with Gasteiger partial charge < -0.3 is 14.9 Å². The van der Waals surface area contributed by atoms with Crippen LogP contribution in [0.2, 0.25) is 0 Å². The van der Waals surface area contributed by atoms with Crippen LogP contribution >= 0.6 is 0 Å². The van der Waals surface area contributed by atoms with Crippen molar-refractivity contribution < 1.29 is 19.7 Å². The molecular weight excluding hydrogens is 342 g/mol. The minimum absolute atomic E-state index is 0.127. The zero-order valence-electron chi connectivity index (χ0n) is 16.0. The van der Waals surface area contributed by atoms with Crippen LogP contribution in [0.25, 0.3) is 0 Å². The fraction of sp³-hybridized carbons (Fsp3) is 0.409. The Morgan fingerprint density at radius 2 is 1.48 bits per heavy atom. The van der Waals surface area contributed by atoms with Crippen molar-refractivity contribution in [3.8, 4) is 0 Å². The maximum absolute atomic E-state index is 12.8. The summed E-state index contributed by atoms with van der Waals surface area (Å²) in [6.45, 7) is 5.52. The van der Waals surface area contributed by atoms with Gasteiger partial charge in [-0.15, -0.1) is 0 Å². The summed E-state index contributed by atoms with van der Waals surface area (Å²) in [5.74, 6) is 0. The van der Waals surface area contributed by atoms with Crippen molar-refractivity contribution in [2.24, 2.45) is 0 Å². The van der Waals surface area contributed by atoms with E-state index in [0.29, 0.717) is 11.1 Å². The Bertz CT molecular complexity index is 730. The molecule has 0 unspecified atom stereocenters. The van der Waals surface area contributed by atoms with Gasteiger partial charge in [-0.2, -0.15) is 0 Å². The van der Waals surface area contributed by atoms with Gasteiger partial charge in [-0.05, 0) is 38.3 Å². The van der Waals surface area contributed by atoms with Gasteiger partial charge in [0.2, 0.25) is 0 Å². The van der Waals surface area contributed by atoms with Crippen LogP contribution in [0.15, 0.2) is 60.7 Å². The molecule has 3 rings (SSSR count). The highest BCUT2D eigenvalue weighted by Crippen LogP contribution is 2.40. The number of likely N-dealkylation sites (tertiary alicyclic amines) is 1. The Kier molecular flexibility index (Phi) is 5.27. The smallest absolute Gasteiger partial charge is 0.410 e. The summed E-state index contributed by atoms with van der Waals surface area (Å²) in [7, 11) is 0. The number of aliphatic hydroxyl groups excluding tert-OH is 1. The van der Waals surface area contributed by atoms with Crippen molar-refractivity contribution in [1.29, 1.82) is 0 Å². The van der Waals surface area contributed by atoms with E-state index in [4.69, 9.17) is 4.74 Å². The first-order valence-electron chi connectivity index (χ1n) is 9.23. The van der Waals surface area contributed by atoms with Gasteiger partial charge in [0.25, 0.3) is 0 Å². The van der Waals surface area contributed by atoms with Crippen LogP contribution in [0.1, 0.15) is 38.3 Å².